The van der Waals surface area contributed by atoms with Gasteiger partial charge < -0.3 is 48.8 Å². The minimum absolute atomic E-state index is 0.0736. The van der Waals surface area contributed by atoms with Gasteiger partial charge in [-0.05, 0) is 50.3 Å². The molecule has 0 aliphatic heterocycles. The number of aliphatic hydroxyl groups is 2. The molecule has 0 bridgehead atoms. The molecule has 0 saturated heterocycles. The Kier molecular flexibility index (Phi) is 16.5. The Morgan fingerprint density at radius 2 is 1.47 bits per heavy atom. The van der Waals surface area contributed by atoms with E-state index in [1.807, 2.05) is 24.3 Å². The van der Waals surface area contributed by atoms with E-state index in [4.69, 9.17) is 22.9 Å². The van der Waals surface area contributed by atoms with Crippen LogP contribution in [0.5, 0.6) is 0 Å². The van der Waals surface area contributed by atoms with Crippen LogP contribution in [0.25, 0.3) is 10.9 Å². The zero-order valence-corrected chi connectivity index (χ0v) is 27.0. The molecule has 1 aromatic heterocycles. The lowest BCUT2D eigenvalue weighted by molar-refractivity contribution is -0.135. The Labute approximate surface area is 274 Å². The van der Waals surface area contributed by atoms with Crippen molar-refractivity contribution >= 4 is 46.2 Å². The second-order valence-corrected chi connectivity index (χ2v) is 11.8. The highest BCUT2D eigenvalue weighted by molar-refractivity contribution is 5.96. The van der Waals surface area contributed by atoms with Crippen molar-refractivity contribution in [3.05, 3.63) is 36.0 Å². The predicted molar refractivity (Wildman–Crippen MR) is 177 cm³/mol. The average molecular weight is 659 g/mol. The summed E-state index contributed by atoms with van der Waals surface area (Å²) in [5, 5.41) is 26.0. The van der Waals surface area contributed by atoms with E-state index in [1.54, 1.807) is 13.1 Å². The highest BCUT2D eigenvalue weighted by Gasteiger charge is 2.32. The van der Waals surface area contributed by atoms with Crippen molar-refractivity contribution in [3.63, 3.8) is 0 Å². The Hall–Kier alpha value is -4.34. The van der Waals surface area contributed by atoms with Gasteiger partial charge in [0, 0.05) is 54.2 Å². The molecule has 13 N–H and O–H groups in total. The number of rotatable bonds is 23. The zero-order chi connectivity index (χ0) is 34.9. The minimum Gasteiger partial charge on any atom is -0.394 e. The van der Waals surface area contributed by atoms with Crippen LogP contribution in [-0.2, 0) is 30.4 Å². The lowest BCUT2D eigenvalue weighted by Gasteiger charge is -2.24. The minimum atomic E-state index is -1.37. The standard InChI is InChI=1S/C32H50N8O7/c1-19(7-4-5-11-33)30(46)39-25(17-41)28(44)15-21(13-22-16-38-24-10-3-2-9-23(22)24)31(47)40-26(18-42)27(43)14-20(29(34)45)8-6-12-37-32(35)36/h2-3,9-10,16,19-21,25-26,38,41-42H,4-8,11-15,17-18,33H2,1H3,(H2,34,45)(H,39,46)(H,40,47)(H4,35,36,37)/t19-,20-,21-,25-,26-/m0/s1. The van der Waals surface area contributed by atoms with Gasteiger partial charge in [0.2, 0.25) is 17.7 Å². The number of para-hydroxylation sites is 1. The normalized spacial score (nSPS) is 14.4. The third kappa shape index (κ3) is 12.8. The van der Waals surface area contributed by atoms with Gasteiger partial charge >= 0.3 is 0 Å². The lowest BCUT2D eigenvalue weighted by atomic mass is 9.90. The van der Waals surface area contributed by atoms with E-state index in [2.05, 4.69) is 20.6 Å². The molecule has 15 nitrogen and oxygen atoms in total. The van der Waals surface area contributed by atoms with Gasteiger partial charge in [0.15, 0.2) is 17.5 Å². The molecule has 1 aromatic carbocycles. The number of nitrogens with one attached hydrogen (secondary N) is 3. The number of nitrogens with two attached hydrogens (primary N) is 4. The fourth-order valence-electron chi connectivity index (χ4n) is 5.27. The van der Waals surface area contributed by atoms with Crippen molar-refractivity contribution in [1.29, 1.82) is 0 Å². The smallest absolute Gasteiger partial charge is 0.224 e. The van der Waals surface area contributed by atoms with Crippen LogP contribution in [0.3, 0.4) is 0 Å². The third-order valence-corrected chi connectivity index (χ3v) is 8.13. The molecular weight excluding hydrogens is 608 g/mol. The highest BCUT2D eigenvalue weighted by atomic mass is 16.3. The van der Waals surface area contributed by atoms with Crippen LogP contribution in [0.2, 0.25) is 0 Å². The maximum Gasteiger partial charge on any atom is 0.224 e. The number of H-pyrrole nitrogens is 1. The largest absolute Gasteiger partial charge is 0.394 e. The van der Waals surface area contributed by atoms with E-state index >= 15 is 0 Å². The first-order valence-electron chi connectivity index (χ1n) is 15.9. The molecule has 0 unspecified atom stereocenters. The number of hydrogen-bond donors (Lipinski definition) is 9. The number of benzene rings is 1. The third-order valence-electron chi connectivity index (χ3n) is 8.13. The van der Waals surface area contributed by atoms with Crippen LogP contribution in [-0.4, -0.2) is 88.8 Å². The van der Waals surface area contributed by atoms with Gasteiger partial charge in [-0.1, -0.05) is 31.5 Å². The average Bonchev–Trinajstić information content (AvgIpc) is 3.45. The molecule has 47 heavy (non-hydrogen) atoms. The highest BCUT2D eigenvalue weighted by Crippen LogP contribution is 2.23. The van der Waals surface area contributed by atoms with Crippen LogP contribution < -0.4 is 33.6 Å². The number of fused-ring (bicyclic) bond motifs is 1. The molecule has 15 heteroatoms. The Morgan fingerprint density at radius 1 is 0.851 bits per heavy atom. The van der Waals surface area contributed by atoms with E-state index in [0.717, 1.165) is 29.3 Å². The van der Waals surface area contributed by atoms with E-state index in [1.165, 1.54) is 0 Å². The van der Waals surface area contributed by atoms with E-state index in [-0.39, 0.29) is 38.2 Å². The van der Waals surface area contributed by atoms with E-state index in [0.29, 0.717) is 19.4 Å². The van der Waals surface area contributed by atoms with E-state index < -0.39 is 72.3 Å². The van der Waals surface area contributed by atoms with Crippen LogP contribution in [0.1, 0.15) is 57.4 Å². The number of aromatic nitrogens is 1. The monoisotopic (exact) mass is 658 g/mol. The summed E-state index contributed by atoms with van der Waals surface area (Å²) in [5.41, 5.74) is 23.2. The molecule has 0 spiro atoms. The molecule has 0 radical (unpaired) electrons. The summed E-state index contributed by atoms with van der Waals surface area (Å²) in [6.07, 6.45) is 3.71. The summed E-state index contributed by atoms with van der Waals surface area (Å²) in [4.78, 5) is 71.9. The van der Waals surface area contributed by atoms with Crippen molar-refractivity contribution in [3.8, 4) is 0 Å². The number of Topliss-reactive ketones (excluding diaryl/α,β-unsaturated/α-hetero) is 2. The van der Waals surface area contributed by atoms with Gasteiger partial charge in [0.05, 0.1) is 13.2 Å². The Bertz CT molecular complexity index is 1370. The molecular formula is C32H50N8O7. The summed E-state index contributed by atoms with van der Waals surface area (Å²) in [7, 11) is 0. The fraction of sp³-hybridized carbons (Fsp3) is 0.562. The Morgan fingerprint density at radius 3 is 2.06 bits per heavy atom. The predicted octanol–water partition coefficient (Wildman–Crippen LogP) is -0.881. The number of unbranched alkanes of at least 4 members (excludes halogenated alkanes) is 1. The molecule has 260 valence electrons. The summed E-state index contributed by atoms with van der Waals surface area (Å²) in [6, 6.07) is 4.78. The van der Waals surface area contributed by atoms with E-state index in [9.17, 15) is 34.2 Å². The number of guanidine groups is 1. The number of amides is 3. The zero-order valence-electron chi connectivity index (χ0n) is 27.0. The molecule has 3 amide bonds. The SMILES string of the molecule is C[C@@H](CCCCN)C(=O)N[C@@H](CO)C(=O)C[C@H](Cc1c[nH]c2ccccc12)C(=O)N[C@@H](CO)C(=O)C[C@H](CCCN=C(N)N)C(N)=O. The number of primary amides is 1. The molecule has 1 heterocycles. The molecule has 0 fully saturated rings. The molecule has 0 aliphatic rings. The van der Waals surface area contributed by atoms with Gasteiger partial charge in [0.25, 0.3) is 0 Å². The van der Waals surface area contributed by atoms with Gasteiger partial charge in [0.1, 0.15) is 12.1 Å². The molecule has 0 saturated carbocycles. The maximum atomic E-state index is 13.7. The summed E-state index contributed by atoms with van der Waals surface area (Å²) in [5.74, 6) is -5.45. The second-order valence-electron chi connectivity index (χ2n) is 11.8. The summed E-state index contributed by atoms with van der Waals surface area (Å²) in [6.45, 7) is 1.02. The topological polar surface area (TPSA) is 282 Å². The fourth-order valence-corrected chi connectivity index (χ4v) is 5.27. The molecule has 2 aromatic rings. The second kappa shape index (κ2) is 20.0. The molecule has 2 rings (SSSR count). The number of aliphatic imine (C=N–C) groups is 1. The number of aliphatic hydroxyl groups excluding tert-OH is 2. The number of ketones is 2. The Balaban J connectivity index is 2.22. The van der Waals surface area contributed by atoms with Gasteiger partial charge in [-0.15, -0.1) is 0 Å². The van der Waals surface area contributed by atoms with Crippen LogP contribution in [0.15, 0.2) is 35.5 Å². The molecule has 0 aliphatic carbocycles. The first kappa shape index (κ1) is 38.8. The summed E-state index contributed by atoms with van der Waals surface area (Å²) < 4.78 is 0. The number of carbonyl (C=O) groups excluding carboxylic acids is 5. The number of aromatic amines is 1. The maximum absolute atomic E-state index is 13.7. The van der Waals surface area contributed by atoms with Crippen molar-refractivity contribution in [2.45, 2.75) is 70.4 Å². The van der Waals surface area contributed by atoms with Crippen molar-refractivity contribution in [2.24, 2.45) is 45.7 Å². The van der Waals surface area contributed by atoms with Crippen LogP contribution in [0, 0.1) is 17.8 Å². The van der Waals surface area contributed by atoms with Crippen molar-refractivity contribution < 1.29 is 34.2 Å². The quantitative estimate of drug-likeness (QED) is 0.0404. The molecule has 5 atom stereocenters. The number of hydrogen-bond acceptors (Lipinski definition) is 9. The first-order chi connectivity index (χ1) is 22.4. The van der Waals surface area contributed by atoms with Gasteiger partial charge in [-0.25, -0.2) is 0 Å². The van der Waals surface area contributed by atoms with Crippen LogP contribution >= 0.6 is 0 Å². The first-order valence-corrected chi connectivity index (χ1v) is 15.9. The number of carbonyl (C=O) groups is 5. The van der Waals surface area contributed by atoms with Crippen LogP contribution in [0.4, 0.5) is 0 Å². The van der Waals surface area contributed by atoms with Crippen molar-refractivity contribution in [2.75, 3.05) is 26.3 Å². The van der Waals surface area contributed by atoms with Gasteiger partial charge in [-0.2, -0.15) is 0 Å². The summed E-state index contributed by atoms with van der Waals surface area (Å²) >= 11 is 0. The number of nitrogens with zero attached hydrogens (tertiary/aromatic N) is 1. The van der Waals surface area contributed by atoms with Crippen molar-refractivity contribution in [1.82, 2.24) is 15.6 Å². The lowest BCUT2D eigenvalue weighted by Crippen LogP contribution is -2.49. The van der Waals surface area contributed by atoms with Gasteiger partial charge in [-0.3, -0.25) is 29.0 Å².